The molecule has 1 saturated carbocycles. The normalized spacial score (nSPS) is 23.4. The lowest BCUT2D eigenvalue weighted by Gasteiger charge is -2.36. The van der Waals surface area contributed by atoms with Crippen LogP contribution in [0.25, 0.3) is 0 Å². The second-order valence-electron chi connectivity index (χ2n) is 6.31. The van der Waals surface area contributed by atoms with Crippen LogP contribution in [0.1, 0.15) is 33.1 Å². The van der Waals surface area contributed by atoms with E-state index in [9.17, 15) is 4.79 Å². The number of hydrogen-bond donors (Lipinski definition) is 1. The van der Waals surface area contributed by atoms with Gasteiger partial charge in [-0.2, -0.15) is 0 Å². The van der Waals surface area contributed by atoms with Crippen LogP contribution in [0.15, 0.2) is 0 Å². The van der Waals surface area contributed by atoms with Crippen LogP contribution in [0.4, 0.5) is 0 Å². The van der Waals surface area contributed by atoms with E-state index in [-0.39, 0.29) is 11.9 Å². The standard InChI is InChI=1S/C14H27N3O/c1-11(2)9-13(15)14(18)17-7-5-16(6-8-17)10-12-3-4-12/h11-13H,3-10,15H2,1-2H3. The van der Waals surface area contributed by atoms with Gasteiger partial charge in [-0.25, -0.2) is 0 Å². The minimum Gasteiger partial charge on any atom is -0.339 e. The molecule has 1 saturated heterocycles. The van der Waals surface area contributed by atoms with Crippen molar-refractivity contribution >= 4 is 5.91 Å². The summed E-state index contributed by atoms with van der Waals surface area (Å²) in [7, 11) is 0. The summed E-state index contributed by atoms with van der Waals surface area (Å²) >= 11 is 0. The van der Waals surface area contributed by atoms with E-state index in [1.807, 2.05) is 4.90 Å². The van der Waals surface area contributed by atoms with E-state index in [4.69, 9.17) is 5.73 Å². The number of piperazine rings is 1. The Morgan fingerprint density at radius 1 is 1.22 bits per heavy atom. The van der Waals surface area contributed by atoms with Crippen LogP contribution >= 0.6 is 0 Å². The van der Waals surface area contributed by atoms with Gasteiger partial charge in [-0.15, -0.1) is 0 Å². The van der Waals surface area contributed by atoms with Crippen molar-refractivity contribution in [1.29, 1.82) is 0 Å². The molecule has 4 nitrogen and oxygen atoms in total. The molecular formula is C14H27N3O. The van der Waals surface area contributed by atoms with Crippen molar-refractivity contribution in [3.8, 4) is 0 Å². The molecule has 0 bridgehead atoms. The van der Waals surface area contributed by atoms with Gasteiger partial charge in [0.05, 0.1) is 6.04 Å². The Labute approximate surface area is 110 Å². The van der Waals surface area contributed by atoms with Gasteiger partial charge in [0.2, 0.25) is 5.91 Å². The lowest BCUT2D eigenvalue weighted by molar-refractivity contribution is -0.134. The zero-order chi connectivity index (χ0) is 13.1. The Bertz CT molecular complexity index is 281. The van der Waals surface area contributed by atoms with Crippen molar-refractivity contribution < 1.29 is 4.79 Å². The summed E-state index contributed by atoms with van der Waals surface area (Å²) in [5.74, 6) is 1.57. The first kappa shape index (κ1) is 13.8. The van der Waals surface area contributed by atoms with Crippen LogP contribution in [0, 0.1) is 11.8 Å². The van der Waals surface area contributed by atoms with Gasteiger partial charge >= 0.3 is 0 Å². The van der Waals surface area contributed by atoms with Crippen molar-refractivity contribution in [2.24, 2.45) is 17.6 Å². The Balaban J connectivity index is 1.72. The Morgan fingerprint density at radius 2 is 1.83 bits per heavy atom. The van der Waals surface area contributed by atoms with Crippen LogP contribution in [-0.4, -0.2) is 54.5 Å². The van der Waals surface area contributed by atoms with Crippen LogP contribution in [0.3, 0.4) is 0 Å². The summed E-state index contributed by atoms with van der Waals surface area (Å²) in [6.45, 7) is 9.23. The van der Waals surface area contributed by atoms with Crippen molar-refractivity contribution in [2.75, 3.05) is 32.7 Å². The molecule has 0 aromatic carbocycles. The third-order valence-electron chi connectivity index (χ3n) is 3.94. The fourth-order valence-electron chi connectivity index (χ4n) is 2.66. The average Bonchev–Trinajstić information content (AvgIpc) is 3.12. The smallest absolute Gasteiger partial charge is 0.239 e. The molecule has 1 aliphatic carbocycles. The largest absolute Gasteiger partial charge is 0.339 e. The van der Waals surface area contributed by atoms with Crippen LogP contribution in [0.5, 0.6) is 0 Å². The van der Waals surface area contributed by atoms with E-state index < -0.39 is 0 Å². The highest BCUT2D eigenvalue weighted by molar-refractivity contribution is 5.81. The van der Waals surface area contributed by atoms with Crippen molar-refractivity contribution in [3.63, 3.8) is 0 Å². The second-order valence-corrected chi connectivity index (χ2v) is 6.31. The Kier molecular flexibility index (Phi) is 4.62. The third-order valence-corrected chi connectivity index (χ3v) is 3.94. The molecule has 0 aromatic rings. The number of carbonyl (C=O) groups excluding carboxylic acids is 1. The fourth-order valence-corrected chi connectivity index (χ4v) is 2.66. The zero-order valence-corrected chi connectivity index (χ0v) is 11.8. The molecule has 1 heterocycles. The quantitative estimate of drug-likeness (QED) is 0.792. The predicted octanol–water partition coefficient (Wildman–Crippen LogP) is 0.914. The van der Waals surface area contributed by atoms with E-state index in [0.29, 0.717) is 5.92 Å². The zero-order valence-electron chi connectivity index (χ0n) is 11.8. The molecule has 2 fully saturated rings. The molecule has 1 atom stereocenters. The number of nitrogens with two attached hydrogens (primary N) is 1. The van der Waals surface area contributed by atoms with E-state index in [1.54, 1.807) is 0 Å². The van der Waals surface area contributed by atoms with Gasteiger partial charge in [0.15, 0.2) is 0 Å². The molecule has 0 radical (unpaired) electrons. The molecule has 0 spiro atoms. The van der Waals surface area contributed by atoms with Gasteiger partial charge in [-0.05, 0) is 31.1 Å². The number of amides is 1. The topological polar surface area (TPSA) is 49.6 Å². The molecule has 2 aliphatic rings. The van der Waals surface area contributed by atoms with Gasteiger partial charge in [-0.3, -0.25) is 9.69 Å². The first-order valence-electron chi connectivity index (χ1n) is 7.33. The number of carbonyl (C=O) groups is 1. The number of hydrogen-bond acceptors (Lipinski definition) is 3. The maximum atomic E-state index is 12.2. The van der Waals surface area contributed by atoms with E-state index in [1.165, 1.54) is 19.4 Å². The molecular weight excluding hydrogens is 226 g/mol. The molecule has 1 unspecified atom stereocenters. The summed E-state index contributed by atoms with van der Waals surface area (Å²) < 4.78 is 0. The second kappa shape index (κ2) is 6.02. The minimum absolute atomic E-state index is 0.148. The van der Waals surface area contributed by atoms with Crippen LogP contribution < -0.4 is 5.73 Å². The van der Waals surface area contributed by atoms with Crippen molar-refractivity contribution in [3.05, 3.63) is 0 Å². The van der Waals surface area contributed by atoms with Gasteiger partial charge in [0.25, 0.3) is 0 Å². The van der Waals surface area contributed by atoms with E-state index >= 15 is 0 Å². The van der Waals surface area contributed by atoms with Gasteiger partial charge in [0.1, 0.15) is 0 Å². The molecule has 2 N–H and O–H groups in total. The molecule has 18 heavy (non-hydrogen) atoms. The van der Waals surface area contributed by atoms with E-state index in [2.05, 4.69) is 18.7 Å². The first-order valence-corrected chi connectivity index (χ1v) is 7.33. The first-order chi connectivity index (χ1) is 8.56. The van der Waals surface area contributed by atoms with Gasteiger partial charge in [-0.1, -0.05) is 13.8 Å². The molecule has 1 amide bonds. The van der Waals surface area contributed by atoms with Gasteiger partial charge < -0.3 is 10.6 Å². The molecule has 4 heteroatoms. The lowest BCUT2D eigenvalue weighted by Crippen LogP contribution is -2.53. The fraction of sp³-hybridized carbons (Fsp3) is 0.929. The summed E-state index contributed by atoms with van der Waals surface area (Å²) in [5.41, 5.74) is 5.97. The molecule has 2 rings (SSSR count). The maximum Gasteiger partial charge on any atom is 0.239 e. The monoisotopic (exact) mass is 253 g/mol. The highest BCUT2D eigenvalue weighted by Crippen LogP contribution is 2.29. The summed E-state index contributed by atoms with van der Waals surface area (Å²) in [6.07, 6.45) is 3.60. The lowest BCUT2D eigenvalue weighted by atomic mass is 10.0. The third kappa shape index (κ3) is 3.95. The van der Waals surface area contributed by atoms with Crippen LogP contribution in [0.2, 0.25) is 0 Å². The Morgan fingerprint density at radius 3 is 2.33 bits per heavy atom. The average molecular weight is 253 g/mol. The summed E-state index contributed by atoms with van der Waals surface area (Å²) in [4.78, 5) is 16.6. The maximum absolute atomic E-state index is 12.2. The van der Waals surface area contributed by atoms with Crippen molar-refractivity contribution in [2.45, 2.75) is 39.2 Å². The van der Waals surface area contributed by atoms with Crippen molar-refractivity contribution in [1.82, 2.24) is 9.80 Å². The molecule has 104 valence electrons. The molecule has 0 aromatic heterocycles. The summed E-state index contributed by atoms with van der Waals surface area (Å²) in [5, 5.41) is 0. The number of nitrogens with zero attached hydrogens (tertiary/aromatic N) is 2. The van der Waals surface area contributed by atoms with Crippen LogP contribution in [-0.2, 0) is 4.79 Å². The van der Waals surface area contributed by atoms with Gasteiger partial charge in [0, 0.05) is 32.7 Å². The number of rotatable bonds is 5. The highest BCUT2D eigenvalue weighted by Gasteiger charge is 2.29. The predicted molar refractivity (Wildman–Crippen MR) is 73.2 cm³/mol. The SMILES string of the molecule is CC(C)CC(N)C(=O)N1CCN(CC2CC2)CC1. The van der Waals surface area contributed by atoms with E-state index in [0.717, 1.165) is 38.5 Å². The molecule has 1 aliphatic heterocycles. The summed E-state index contributed by atoms with van der Waals surface area (Å²) in [6, 6.07) is -0.306. The minimum atomic E-state index is -0.306. The highest BCUT2D eigenvalue weighted by atomic mass is 16.2. The Hall–Kier alpha value is -0.610.